The van der Waals surface area contributed by atoms with E-state index in [1.54, 1.807) is 18.2 Å². The molecule has 0 aliphatic carbocycles. The molecule has 6 heteroatoms. The average molecular weight is 475 g/mol. The quantitative estimate of drug-likeness (QED) is 0.381. The first kappa shape index (κ1) is 26.0. The van der Waals surface area contributed by atoms with Gasteiger partial charge in [0.2, 0.25) is 0 Å². The number of aliphatic hydroxyl groups is 1. The van der Waals surface area contributed by atoms with Crippen LogP contribution in [0.4, 0.5) is 4.79 Å². The summed E-state index contributed by atoms with van der Waals surface area (Å²) in [6.45, 7) is 5.82. The van der Waals surface area contributed by atoms with Crippen LogP contribution in [0.15, 0.2) is 84.9 Å². The molecule has 0 bridgehead atoms. The summed E-state index contributed by atoms with van der Waals surface area (Å²) in [5.41, 5.74) is 0.937. The third-order valence-electron chi connectivity index (χ3n) is 5.45. The van der Waals surface area contributed by atoms with E-state index in [4.69, 9.17) is 4.74 Å². The number of rotatable bonds is 9. The zero-order valence-electron chi connectivity index (χ0n) is 20.6. The summed E-state index contributed by atoms with van der Waals surface area (Å²) in [4.78, 5) is 25.6. The van der Waals surface area contributed by atoms with Crippen molar-refractivity contribution in [3.8, 4) is 0 Å². The molecule has 3 aromatic carbocycles. The molecule has 0 saturated heterocycles. The van der Waals surface area contributed by atoms with Crippen LogP contribution in [-0.2, 0) is 24.2 Å². The summed E-state index contributed by atoms with van der Waals surface area (Å²) in [6, 6.07) is 26.2. The average Bonchev–Trinajstić information content (AvgIpc) is 2.82. The van der Waals surface area contributed by atoms with E-state index in [-0.39, 0.29) is 25.4 Å². The summed E-state index contributed by atoms with van der Waals surface area (Å²) >= 11 is 0. The Labute approximate surface area is 207 Å². The molecule has 3 N–H and O–H groups in total. The largest absolute Gasteiger partial charge is 0.445 e. The molecule has 0 aromatic heterocycles. The molecule has 0 aliphatic rings. The molecule has 0 heterocycles. The normalized spacial score (nSPS) is 12.9. The second-order valence-electron chi connectivity index (χ2n) is 9.74. The number of amides is 2. The molecule has 0 radical (unpaired) electrons. The Bertz CT molecular complexity index is 1110. The van der Waals surface area contributed by atoms with Gasteiger partial charge in [0.05, 0.1) is 0 Å². The van der Waals surface area contributed by atoms with E-state index in [9.17, 15) is 14.7 Å². The summed E-state index contributed by atoms with van der Waals surface area (Å²) < 4.78 is 5.37. The molecule has 0 unspecified atom stereocenters. The van der Waals surface area contributed by atoms with E-state index in [0.29, 0.717) is 17.5 Å². The van der Waals surface area contributed by atoms with Crippen LogP contribution in [0.25, 0.3) is 0 Å². The minimum atomic E-state index is -1.62. The zero-order chi connectivity index (χ0) is 25.3. The first-order valence-electron chi connectivity index (χ1n) is 11.8. The van der Waals surface area contributed by atoms with Crippen LogP contribution in [-0.4, -0.2) is 28.4 Å². The van der Waals surface area contributed by atoms with Crippen molar-refractivity contribution in [2.45, 2.75) is 57.9 Å². The SMILES string of the molecule is CC(C)(C)NC(=O)c1ccccc1C[C@](O)(CCc1ccccc1)NC(=O)OCc1ccccc1. The second kappa shape index (κ2) is 11.7. The Kier molecular flexibility index (Phi) is 8.66. The fourth-order valence-corrected chi connectivity index (χ4v) is 3.76. The third kappa shape index (κ3) is 8.58. The molecule has 6 nitrogen and oxygen atoms in total. The number of carbonyl (C=O) groups excluding carboxylic acids is 2. The number of hydrogen-bond donors (Lipinski definition) is 3. The molecule has 3 aromatic rings. The predicted octanol–water partition coefficient (Wildman–Crippen LogP) is 5.01. The summed E-state index contributed by atoms with van der Waals surface area (Å²) in [5, 5.41) is 17.2. The van der Waals surface area contributed by atoms with Crippen molar-refractivity contribution in [2.24, 2.45) is 0 Å². The van der Waals surface area contributed by atoms with Gasteiger partial charge in [-0.3, -0.25) is 10.1 Å². The summed E-state index contributed by atoms with van der Waals surface area (Å²) in [6.07, 6.45) is 0.105. The van der Waals surface area contributed by atoms with Crippen LogP contribution in [0.5, 0.6) is 0 Å². The Hall–Kier alpha value is -3.64. The van der Waals surface area contributed by atoms with Gasteiger partial charge in [-0.15, -0.1) is 0 Å². The highest BCUT2D eigenvalue weighted by Gasteiger charge is 2.32. The van der Waals surface area contributed by atoms with Crippen molar-refractivity contribution in [3.63, 3.8) is 0 Å². The molecular weight excluding hydrogens is 440 g/mol. The van der Waals surface area contributed by atoms with Gasteiger partial charge in [0.25, 0.3) is 5.91 Å². The van der Waals surface area contributed by atoms with Crippen LogP contribution in [0.1, 0.15) is 54.2 Å². The fraction of sp³-hybridized carbons (Fsp3) is 0.310. The van der Waals surface area contributed by atoms with Gasteiger partial charge >= 0.3 is 6.09 Å². The van der Waals surface area contributed by atoms with Gasteiger partial charge in [-0.1, -0.05) is 78.9 Å². The molecule has 2 amide bonds. The maximum atomic E-state index is 12.9. The van der Waals surface area contributed by atoms with Crippen molar-refractivity contribution in [1.29, 1.82) is 0 Å². The number of carbonyl (C=O) groups is 2. The number of nitrogens with one attached hydrogen (secondary N) is 2. The van der Waals surface area contributed by atoms with Crippen LogP contribution < -0.4 is 10.6 Å². The topological polar surface area (TPSA) is 87.7 Å². The van der Waals surface area contributed by atoms with Crippen molar-refractivity contribution >= 4 is 12.0 Å². The molecule has 0 spiro atoms. The van der Waals surface area contributed by atoms with Gasteiger partial charge in [-0.2, -0.15) is 0 Å². The van der Waals surface area contributed by atoms with Crippen LogP contribution in [0.2, 0.25) is 0 Å². The highest BCUT2D eigenvalue weighted by atomic mass is 16.6. The second-order valence-corrected chi connectivity index (χ2v) is 9.74. The molecule has 184 valence electrons. The number of aryl methyl sites for hydroxylation is 1. The molecule has 1 atom stereocenters. The van der Waals surface area contributed by atoms with Gasteiger partial charge < -0.3 is 15.2 Å². The van der Waals surface area contributed by atoms with E-state index in [1.165, 1.54) is 0 Å². The lowest BCUT2D eigenvalue weighted by Crippen LogP contribution is -2.51. The Morgan fingerprint density at radius 3 is 2.00 bits per heavy atom. The van der Waals surface area contributed by atoms with Gasteiger partial charge in [-0.05, 0) is 56.4 Å². The first-order valence-corrected chi connectivity index (χ1v) is 11.8. The number of ether oxygens (including phenoxy) is 1. The lowest BCUT2D eigenvalue weighted by molar-refractivity contribution is -0.00427. The Morgan fingerprint density at radius 2 is 1.37 bits per heavy atom. The standard InChI is InChI=1S/C29H34N2O4/c1-28(2,3)30-26(32)25-17-11-10-16-24(25)20-29(34,19-18-22-12-6-4-7-13-22)31-27(33)35-21-23-14-8-5-9-15-23/h4-17,34H,18-21H2,1-3H3,(H,30,32)(H,31,33)/t29-/m1/s1. The highest BCUT2D eigenvalue weighted by Crippen LogP contribution is 2.22. The molecule has 35 heavy (non-hydrogen) atoms. The lowest BCUT2D eigenvalue weighted by atomic mass is 9.92. The molecule has 0 saturated carbocycles. The van der Waals surface area contributed by atoms with E-state index in [2.05, 4.69) is 10.6 Å². The van der Waals surface area contributed by atoms with Gasteiger partial charge in [0, 0.05) is 17.5 Å². The van der Waals surface area contributed by atoms with Crippen molar-refractivity contribution < 1.29 is 19.4 Å². The predicted molar refractivity (Wildman–Crippen MR) is 137 cm³/mol. The van der Waals surface area contributed by atoms with E-state index in [0.717, 1.165) is 11.1 Å². The smallest absolute Gasteiger partial charge is 0.409 e. The zero-order valence-corrected chi connectivity index (χ0v) is 20.6. The van der Waals surface area contributed by atoms with Gasteiger partial charge in [0.1, 0.15) is 12.3 Å². The molecule has 0 fully saturated rings. The lowest BCUT2D eigenvalue weighted by Gasteiger charge is -2.30. The van der Waals surface area contributed by atoms with E-state index < -0.39 is 17.4 Å². The van der Waals surface area contributed by atoms with Crippen molar-refractivity contribution in [2.75, 3.05) is 0 Å². The monoisotopic (exact) mass is 474 g/mol. The van der Waals surface area contributed by atoms with E-state index in [1.807, 2.05) is 87.5 Å². The number of alkyl carbamates (subject to hydrolysis) is 1. The van der Waals surface area contributed by atoms with Crippen LogP contribution >= 0.6 is 0 Å². The number of hydrogen-bond acceptors (Lipinski definition) is 4. The maximum absolute atomic E-state index is 12.9. The minimum absolute atomic E-state index is 0.0496. The van der Waals surface area contributed by atoms with Crippen molar-refractivity contribution in [1.82, 2.24) is 10.6 Å². The Morgan fingerprint density at radius 1 is 0.800 bits per heavy atom. The van der Waals surface area contributed by atoms with E-state index >= 15 is 0 Å². The van der Waals surface area contributed by atoms with Crippen LogP contribution in [0, 0.1) is 0 Å². The molecule has 3 rings (SSSR count). The van der Waals surface area contributed by atoms with Gasteiger partial charge in [-0.25, -0.2) is 4.79 Å². The van der Waals surface area contributed by atoms with Crippen molar-refractivity contribution in [3.05, 3.63) is 107 Å². The first-order chi connectivity index (χ1) is 16.6. The minimum Gasteiger partial charge on any atom is -0.445 e. The number of benzene rings is 3. The Balaban J connectivity index is 1.79. The summed E-state index contributed by atoms with van der Waals surface area (Å²) in [7, 11) is 0. The molecular formula is C29H34N2O4. The third-order valence-corrected chi connectivity index (χ3v) is 5.45. The highest BCUT2D eigenvalue weighted by molar-refractivity contribution is 5.96. The molecule has 0 aliphatic heterocycles. The van der Waals surface area contributed by atoms with Crippen LogP contribution in [0.3, 0.4) is 0 Å². The maximum Gasteiger partial charge on any atom is 0.409 e. The summed E-state index contributed by atoms with van der Waals surface area (Å²) in [5.74, 6) is -0.231. The fourth-order valence-electron chi connectivity index (χ4n) is 3.76. The van der Waals surface area contributed by atoms with Gasteiger partial charge in [0.15, 0.2) is 0 Å².